The molecule has 4 rings (SSSR count). The van der Waals surface area contributed by atoms with Gasteiger partial charge in [0.15, 0.2) is 11.3 Å². The summed E-state index contributed by atoms with van der Waals surface area (Å²) in [6, 6.07) is 1.72. The van der Waals surface area contributed by atoms with E-state index in [1.165, 1.54) is 16.0 Å². The number of fused-ring (bicyclic) bond motifs is 1. The van der Waals surface area contributed by atoms with E-state index in [0.29, 0.717) is 12.1 Å². The lowest BCUT2D eigenvalue weighted by Crippen LogP contribution is -2.36. The average molecular weight is 437 g/mol. The van der Waals surface area contributed by atoms with Crippen LogP contribution in [0.4, 0.5) is 5.82 Å². The summed E-state index contributed by atoms with van der Waals surface area (Å²) in [7, 11) is 0. The summed E-state index contributed by atoms with van der Waals surface area (Å²) >= 11 is 1.51. The summed E-state index contributed by atoms with van der Waals surface area (Å²) < 4.78 is 1.27. The summed E-state index contributed by atoms with van der Waals surface area (Å²) in [4.78, 5) is 23.7. The van der Waals surface area contributed by atoms with Gasteiger partial charge in [-0.25, -0.2) is 9.67 Å². The van der Waals surface area contributed by atoms with Gasteiger partial charge in [0.1, 0.15) is 11.3 Å². The zero-order valence-corrected chi connectivity index (χ0v) is 18.5. The Morgan fingerprint density at radius 1 is 1.32 bits per heavy atom. The highest BCUT2D eigenvalue weighted by molar-refractivity contribution is 7.09. The van der Waals surface area contributed by atoms with Crippen molar-refractivity contribution in [1.29, 1.82) is 10.8 Å². The van der Waals surface area contributed by atoms with Gasteiger partial charge >= 0.3 is 0 Å². The van der Waals surface area contributed by atoms with E-state index in [1.54, 1.807) is 12.4 Å². The molecular formula is C21H24N8OS. The summed E-state index contributed by atoms with van der Waals surface area (Å²) in [6.45, 7) is 7.02. The molecule has 3 N–H and O–H groups in total. The number of aromatic nitrogens is 4. The first kappa shape index (κ1) is 20.9. The SMILES string of the molecule is Cc1c(N2CCc3ncc(C(=O)NC(C)c4nccs4)cc3C2)nn(C=N)c(=N)c1C. The number of rotatable bonds is 5. The second kappa shape index (κ2) is 8.38. The minimum Gasteiger partial charge on any atom is -0.350 e. The van der Waals surface area contributed by atoms with Crippen LogP contribution in [0.15, 0.2) is 23.8 Å². The highest BCUT2D eigenvalue weighted by atomic mass is 32.1. The smallest absolute Gasteiger partial charge is 0.253 e. The van der Waals surface area contributed by atoms with E-state index in [0.717, 1.165) is 52.5 Å². The van der Waals surface area contributed by atoms with E-state index in [4.69, 9.17) is 10.8 Å². The average Bonchev–Trinajstić information content (AvgIpc) is 3.32. The van der Waals surface area contributed by atoms with E-state index >= 15 is 0 Å². The summed E-state index contributed by atoms with van der Waals surface area (Å²) in [5, 5.41) is 25.9. The second-order valence-electron chi connectivity index (χ2n) is 7.56. The fourth-order valence-electron chi connectivity index (χ4n) is 3.66. The molecular weight excluding hydrogens is 412 g/mol. The maximum atomic E-state index is 12.8. The quantitative estimate of drug-likeness (QED) is 0.418. The lowest BCUT2D eigenvalue weighted by atomic mass is 10.0. The van der Waals surface area contributed by atoms with Crippen molar-refractivity contribution in [2.45, 2.75) is 39.8 Å². The van der Waals surface area contributed by atoms with Gasteiger partial charge in [-0.1, -0.05) is 0 Å². The van der Waals surface area contributed by atoms with Gasteiger partial charge in [-0.3, -0.25) is 20.6 Å². The normalized spacial score (nSPS) is 14.1. The molecule has 10 heteroatoms. The molecule has 1 amide bonds. The molecule has 3 aromatic rings. The van der Waals surface area contributed by atoms with Gasteiger partial charge in [0.25, 0.3) is 5.91 Å². The molecule has 1 unspecified atom stereocenters. The van der Waals surface area contributed by atoms with Crippen LogP contribution in [0, 0.1) is 24.7 Å². The first-order valence-corrected chi connectivity index (χ1v) is 10.8. The van der Waals surface area contributed by atoms with Gasteiger partial charge in [-0.15, -0.1) is 16.4 Å². The molecule has 0 spiro atoms. The predicted molar refractivity (Wildman–Crippen MR) is 119 cm³/mol. The van der Waals surface area contributed by atoms with E-state index in [2.05, 4.69) is 25.3 Å². The molecule has 0 aliphatic carbocycles. The van der Waals surface area contributed by atoms with E-state index in [9.17, 15) is 4.79 Å². The third kappa shape index (κ3) is 3.98. The van der Waals surface area contributed by atoms with Crippen molar-refractivity contribution in [3.63, 3.8) is 0 Å². The predicted octanol–water partition coefficient (Wildman–Crippen LogP) is 2.34. The Hall–Kier alpha value is -3.40. The van der Waals surface area contributed by atoms with Gasteiger partial charge in [0.2, 0.25) is 0 Å². The molecule has 1 atom stereocenters. The van der Waals surface area contributed by atoms with Crippen LogP contribution in [0.2, 0.25) is 0 Å². The monoisotopic (exact) mass is 436 g/mol. The minimum atomic E-state index is -0.180. The second-order valence-corrected chi connectivity index (χ2v) is 8.49. The standard InChI is InChI=1S/C21H24N8OS/c1-12-13(2)19(27-29(11-22)18(12)23)28-6-4-17-16(10-28)8-15(9-25-17)20(30)26-14(3)21-24-5-7-31-21/h5,7-9,11,14,22-23H,4,6,10H2,1-3H3,(H,26,30). The van der Waals surface area contributed by atoms with Crippen LogP contribution in [0.3, 0.4) is 0 Å². The molecule has 0 aromatic carbocycles. The number of hydrogen-bond acceptors (Lipinski definition) is 8. The number of thiazole rings is 1. The summed E-state index contributed by atoms with van der Waals surface area (Å²) in [5.74, 6) is 0.565. The topological polar surface area (TPSA) is 124 Å². The van der Waals surface area contributed by atoms with E-state index in [-0.39, 0.29) is 17.4 Å². The first-order valence-electron chi connectivity index (χ1n) is 9.97. The maximum Gasteiger partial charge on any atom is 0.253 e. The molecule has 4 heterocycles. The van der Waals surface area contributed by atoms with Gasteiger partial charge in [0, 0.05) is 48.5 Å². The highest BCUT2D eigenvalue weighted by Gasteiger charge is 2.23. The Morgan fingerprint density at radius 3 is 2.84 bits per heavy atom. The number of nitrogens with one attached hydrogen (secondary N) is 3. The lowest BCUT2D eigenvalue weighted by molar-refractivity contribution is 0.0939. The van der Waals surface area contributed by atoms with Crippen molar-refractivity contribution in [1.82, 2.24) is 25.1 Å². The van der Waals surface area contributed by atoms with Crippen molar-refractivity contribution in [3.8, 4) is 0 Å². The number of hydrogen-bond donors (Lipinski definition) is 3. The summed E-state index contributed by atoms with van der Waals surface area (Å²) in [5.41, 5.74) is 4.40. The molecule has 160 valence electrons. The van der Waals surface area contributed by atoms with E-state index in [1.807, 2.05) is 32.2 Å². The first-order chi connectivity index (χ1) is 14.9. The molecule has 0 saturated heterocycles. The van der Waals surface area contributed by atoms with Crippen molar-refractivity contribution in [2.75, 3.05) is 11.4 Å². The Labute approximate surface area is 183 Å². The van der Waals surface area contributed by atoms with Crippen molar-refractivity contribution < 1.29 is 4.79 Å². The van der Waals surface area contributed by atoms with Crippen LogP contribution in [-0.4, -0.2) is 38.5 Å². The Kier molecular flexibility index (Phi) is 5.64. The molecule has 0 radical (unpaired) electrons. The lowest BCUT2D eigenvalue weighted by Gasteiger charge is -2.31. The Morgan fingerprint density at radius 2 is 2.13 bits per heavy atom. The van der Waals surface area contributed by atoms with Crippen molar-refractivity contribution in [3.05, 3.63) is 62.3 Å². The minimum absolute atomic E-state index is 0.171. The van der Waals surface area contributed by atoms with Gasteiger partial charge in [-0.05, 0) is 38.0 Å². The van der Waals surface area contributed by atoms with Gasteiger partial charge in [0.05, 0.1) is 11.6 Å². The molecule has 0 fully saturated rings. The van der Waals surface area contributed by atoms with Crippen LogP contribution in [0.1, 0.15) is 50.7 Å². The molecule has 1 aliphatic rings. The Bertz CT molecular complexity index is 1200. The fraction of sp³-hybridized carbons (Fsp3) is 0.333. The van der Waals surface area contributed by atoms with Crippen LogP contribution >= 0.6 is 11.3 Å². The van der Waals surface area contributed by atoms with Crippen LogP contribution in [-0.2, 0) is 13.0 Å². The van der Waals surface area contributed by atoms with Gasteiger partial charge < -0.3 is 10.2 Å². The van der Waals surface area contributed by atoms with Gasteiger partial charge in [-0.2, -0.15) is 0 Å². The number of carbonyl (C=O) groups is 1. The van der Waals surface area contributed by atoms with Crippen LogP contribution < -0.4 is 15.7 Å². The van der Waals surface area contributed by atoms with Crippen molar-refractivity contribution >= 4 is 29.4 Å². The number of amides is 1. The molecule has 31 heavy (non-hydrogen) atoms. The molecule has 3 aromatic heterocycles. The zero-order valence-electron chi connectivity index (χ0n) is 17.6. The molecule has 0 saturated carbocycles. The number of carbonyl (C=O) groups excluding carboxylic acids is 1. The number of anilines is 1. The number of pyridine rings is 1. The Balaban J connectivity index is 1.58. The zero-order chi connectivity index (χ0) is 22.1. The fourth-order valence-corrected chi connectivity index (χ4v) is 4.31. The molecule has 0 bridgehead atoms. The van der Waals surface area contributed by atoms with Crippen molar-refractivity contribution in [2.24, 2.45) is 0 Å². The highest BCUT2D eigenvalue weighted by Crippen LogP contribution is 2.25. The number of nitrogens with zero attached hydrogens (tertiary/aromatic N) is 5. The van der Waals surface area contributed by atoms with Crippen LogP contribution in [0.5, 0.6) is 0 Å². The molecule has 1 aliphatic heterocycles. The third-order valence-electron chi connectivity index (χ3n) is 5.58. The third-order valence-corrected chi connectivity index (χ3v) is 6.54. The summed E-state index contributed by atoms with van der Waals surface area (Å²) in [6.07, 6.45) is 5.14. The van der Waals surface area contributed by atoms with Crippen LogP contribution in [0.25, 0.3) is 0 Å². The molecule has 9 nitrogen and oxygen atoms in total. The maximum absolute atomic E-state index is 12.8. The largest absolute Gasteiger partial charge is 0.350 e. The van der Waals surface area contributed by atoms with E-state index < -0.39 is 0 Å².